The summed E-state index contributed by atoms with van der Waals surface area (Å²) in [5, 5.41) is 52.9. The zero-order valence-electron chi connectivity index (χ0n) is 19.5. The van der Waals surface area contributed by atoms with Gasteiger partial charge >= 0.3 is 21.7 Å². The molecule has 3 aliphatic rings. The number of aliphatic hydroxyl groups is 5. The van der Waals surface area contributed by atoms with Crippen LogP contribution in [0.4, 0.5) is 5.95 Å². The number of phosphoric acid groups is 2. The number of ether oxygens (including phenoxy) is 4. The fourth-order valence-corrected chi connectivity index (χ4v) is 6.10. The maximum atomic E-state index is 12.5. The number of aromatic amines is 1. The summed E-state index contributed by atoms with van der Waals surface area (Å²) in [6.45, 7) is -0.892. The third kappa shape index (κ3) is 5.29. The highest BCUT2D eigenvalue weighted by Gasteiger charge is 2.56. The summed E-state index contributed by atoms with van der Waals surface area (Å²) in [6.07, 6.45) is -19.6. The van der Waals surface area contributed by atoms with Crippen molar-refractivity contribution in [2.75, 3.05) is 12.3 Å². The van der Waals surface area contributed by atoms with Crippen LogP contribution in [0.15, 0.2) is 4.79 Å². The SMILES string of the molecule is Nc1nc2c(nc3n2[C@@H]2O[C@H]([C@H](OP(=O)(O)OP(=O)(O)O)O[C@@H]4[C@H](O)[C@@H](O3)O[C@H](CO)[C@H]4O)[C@@H](O)[C@H]2O)c(=O)[nH]1. The summed E-state index contributed by atoms with van der Waals surface area (Å²) in [4.78, 5) is 50.5. The normalized spacial score (nSPS) is 37.8. The minimum atomic E-state index is -5.76. The first kappa shape index (κ1) is 29.4. The molecule has 1 unspecified atom stereocenters. The maximum absolute atomic E-state index is 12.5. The molecule has 0 aromatic carbocycles. The van der Waals surface area contributed by atoms with Crippen LogP contribution in [0.25, 0.3) is 11.2 Å². The quantitative estimate of drug-likeness (QED) is 0.140. The summed E-state index contributed by atoms with van der Waals surface area (Å²) in [6, 6.07) is -0.608. The Balaban J connectivity index is 1.68. The van der Waals surface area contributed by atoms with Crippen molar-refractivity contribution in [1.82, 2.24) is 19.5 Å². The number of nitrogens with one attached hydrogen (secondary N) is 1. The van der Waals surface area contributed by atoms with Gasteiger partial charge in [-0.15, -0.1) is 0 Å². The Morgan fingerprint density at radius 3 is 2.33 bits per heavy atom. The number of aromatic nitrogens is 4. The largest absolute Gasteiger partial charge is 0.483 e. The molecule has 224 valence electrons. The van der Waals surface area contributed by atoms with Gasteiger partial charge in [-0.1, -0.05) is 0 Å². The molecule has 0 radical (unpaired) electrons. The van der Waals surface area contributed by atoms with Gasteiger partial charge < -0.3 is 64.9 Å². The number of fused-ring (bicyclic) bond motifs is 8. The van der Waals surface area contributed by atoms with E-state index in [0.717, 1.165) is 4.57 Å². The van der Waals surface area contributed by atoms with Crippen LogP contribution in [0, 0.1) is 0 Å². The van der Waals surface area contributed by atoms with E-state index >= 15 is 0 Å². The number of anilines is 1. The molecule has 2 fully saturated rings. The number of nitrogens with zero attached hydrogens (tertiary/aromatic N) is 3. The second-order valence-corrected chi connectivity index (χ2v) is 11.6. The molecule has 0 saturated carbocycles. The average Bonchev–Trinajstić information content (AvgIpc) is 3.32. The van der Waals surface area contributed by atoms with E-state index in [9.17, 15) is 44.4 Å². The average molecular weight is 619 g/mol. The molecule has 11 N–H and O–H groups in total. The standard InChI is InChI=1S/C16H23N5O17P2/c17-15-19-10-3(11(27)20-15)18-16-21(10)12-6(25)5(24)9(34-12)14(37-40(31,32)38-39(28,29)30)35-8-4(23)2(1-22)33-13(36-16)7(8)26/h2,4-9,12-14,22-26H,1H2,(H,31,32)(H2,28,29,30)(H3,17,19,20,27)/t2-,4-,5+,6-,7+,8+,9+,12-,13-,14+/m1/s1. The summed E-state index contributed by atoms with van der Waals surface area (Å²) in [7, 11) is -11.4. The van der Waals surface area contributed by atoms with E-state index in [1.54, 1.807) is 0 Å². The van der Waals surface area contributed by atoms with Crippen molar-refractivity contribution < 1.29 is 77.1 Å². The van der Waals surface area contributed by atoms with Gasteiger partial charge in [0.05, 0.1) is 6.61 Å². The lowest BCUT2D eigenvalue weighted by molar-refractivity contribution is -0.314. The highest BCUT2D eigenvalue weighted by atomic mass is 31.3. The smallest absolute Gasteiger partial charge is 0.432 e. The van der Waals surface area contributed by atoms with Crippen LogP contribution in [0.3, 0.4) is 0 Å². The second-order valence-electron chi connectivity index (χ2n) is 8.80. The molecule has 11 atom stereocenters. The Labute approximate surface area is 220 Å². The Morgan fingerprint density at radius 2 is 1.68 bits per heavy atom. The van der Waals surface area contributed by atoms with Crippen molar-refractivity contribution in [3.05, 3.63) is 10.4 Å². The fraction of sp³-hybridized carbons (Fsp3) is 0.688. The minimum Gasteiger partial charge on any atom is -0.432 e. The van der Waals surface area contributed by atoms with Crippen molar-refractivity contribution in [1.29, 1.82) is 0 Å². The van der Waals surface area contributed by atoms with Gasteiger partial charge in [0.1, 0.15) is 42.7 Å². The van der Waals surface area contributed by atoms with Gasteiger partial charge in [0.2, 0.25) is 12.2 Å². The number of hydrogen-bond acceptors (Lipinski definition) is 17. The van der Waals surface area contributed by atoms with E-state index in [-0.39, 0.29) is 5.65 Å². The minimum absolute atomic E-state index is 0.371. The lowest BCUT2D eigenvalue weighted by Crippen LogP contribution is -2.62. The van der Waals surface area contributed by atoms with Gasteiger partial charge in [-0.25, -0.2) is 13.7 Å². The maximum Gasteiger partial charge on any atom is 0.483 e. The van der Waals surface area contributed by atoms with E-state index in [1.807, 2.05) is 0 Å². The van der Waals surface area contributed by atoms with Crippen LogP contribution in [0.1, 0.15) is 6.23 Å². The van der Waals surface area contributed by atoms with E-state index in [4.69, 9.17) is 39.0 Å². The molecule has 5 heterocycles. The highest BCUT2D eigenvalue weighted by molar-refractivity contribution is 7.60. The summed E-state index contributed by atoms with van der Waals surface area (Å²) >= 11 is 0. The summed E-state index contributed by atoms with van der Waals surface area (Å²) < 4.78 is 54.9. The van der Waals surface area contributed by atoms with Gasteiger partial charge in [-0.05, 0) is 0 Å². The predicted octanol–water partition coefficient (Wildman–Crippen LogP) is -4.91. The number of aliphatic hydroxyl groups excluding tert-OH is 5. The third-order valence-electron chi connectivity index (χ3n) is 6.12. The van der Waals surface area contributed by atoms with Gasteiger partial charge in [-0.3, -0.25) is 14.3 Å². The second kappa shape index (κ2) is 10.3. The van der Waals surface area contributed by atoms with Crippen LogP contribution in [0.2, 0.25) is 0 Å². The van der Waals surface area contributed by atoms with Gasteiger partial charge in [0.25, 0.3) is 5.56 Å². The van der Waals surface area contributed by atoms with Gasteiger partial charge in [0.15, 0.2) is 23.7 Å². The van der Waals surface area contributed by atoms with Crippen molar-refractivity contribution in [3.63, 3.8) is 0 Å². The number of nitrogens with two attached hydrogens (primary N) is 1. The molecule has 0 amide bonds. The molecule has 0 aliphatic carbocycles. The molecule has 24 heteroatoms. The lowest BCUT2D eigenvalue weighted by Gasteiger charge is -2.42. The predicted molar refractivity (Wildman–Crippen MR) is 120 cm³/mol. The van der Waals surface area contributed by atoms with E-state index < -0.39 is 107 Å². The highest BCUT2D eigenvalue weighted by Crippen LogP contribution is 2.59. The number of hydrogen-bond donors (Lipinski definition) is 10. The number of phosphoric ester groups is 1. The van der Waals surface area contributed by atoms with E-state index in [0.29, 0.717) is 0 Å². The van der Waals surface area contributed by atoms with Crippen molar-refractivity contribution in [3.8, 4) is 6.01 Å². The molecule has 5 rings (SSSR count). The molecule has 2 saturated heterocycles. The topological polar surface area (TPSA) is 341 Å². The van der Waals surface area contributed by atoms with E-state index in [1.165, 1.54) is 0 Å². The molecule has 22 nitrogen and oxygen atoms in total. The monoisotopic (exact) mass is 619 g/mol. The first-order chi connectivity index (χ1) is 18.6. The number of H-pyrrole nitrogens is 1. The number of rotatable bonds is 5. The van der Waals surface area contributed by atoms with Crippen molar-refractivity contribution >= 4 is 32.8 Å². The van der Waals surface area contributed by atoms with Crippen LogP contribution >= 0.6 is 15.6 Å². The first-order valence-corrected chi connectivity index (χ1v) is 14.1. The molecule has 40 heavy (non-hydrogen) atoms. The Hall–Kier alpha value is -2.11. The molecule has 2 aromatic heterocycles. The molecule has 2 aromatic rings. The summed E-state index contributed by atoms with van der Waals surface area (Å²) in [5.74, 6) is -0.420. The molecule has 0 spiro atoms. The van der Waals surface area contributed by atoms with Crippen molar-refractivity contribution in [2.45, 2.75) is 61.5 Å². The third-order valence-corrected chi connectivity index (χ3v) is 8.27. The van der Waals surface area contributed by atoms with E-state index in [2.05, 4.69) is 19.3 Å². The Kier molecular flexibility index (Phi) is 7.57. The lowest BCUT2D eigenvalue weighted by atomic mass is 9.98. The van der Waals surface area contributed by atoms with Crippen LogP contribution in [-0.2, 0) is 32.2 Å². The molecule has 3 aliphatic heterocycles. The molecule has 4 bridgehead atoms. The summed E-state index contributed by atoms with van der Waals surface area (Å²) in [5.41, 5.74) is 3.95. The number of nitrogen functional groups attached to an aromatic ring is 1. The Morgan fingerprint density at radius 1 is 0.975 bits per heavy atom. The molecular weight excluding hydrogens is 596 g/mol. The fourth-order valence-electron chi connectivity index (χ4n) is 4.43. The zero-order valence-corrected chi connectivity index (χ0v) is 21.3. The van der Waals surface area contributed by atoms with Gasteiger partial charge in [0, 0.05) is 0 Å². The Bertz CT molecular complexity index is 1430. The number of imidazole rings is 1. The zero-order chi connectivity index (χ0) is 29.3. The van der Waals surface area contributed by atoms with Crippen molar-refractivity contribution in [2.24, 2.45) is 0 Å². The van der Waals surface area contributed by atoms with Gasteiger partial charge in [-0.2, -0.15) is 14.3 Å². The van der Waals surface area contributed by atoms with Crippen LogP contribution < -0.4 is 16.0 Å². The molecular formula is C16H23N5O17P2. The van der Waals surface area contributed by atoms with Crippen LogP contribution in [-0.4, -0.2) is 122 Å². The first-order valence-electron chi connectivity index (χ1n) is 11.1. The van der Waals surface area contributed by atoms with Crippen LogP contribution in [0.5, 0.6) is 6.01 Å².